The Morgan fingerprint density at radius 2 is 2.19 bits per heavy atom. The van der Waals surface area contributed by atoms with Gasteiger partial charge < -0.3 is 0 Å². The van der Waals surface area contributed by atoms with Gasteiger partial charge in [0.1, 0.15) is 0 Å². The van der Waals surface area contributed by atoms with Gasteiger partial charge in [0, 0.05) is 5.41 Å². The highest BCUT2D eigenvalue weighted by molar-refractivity contribution is 5.63. The maximum absolute atomic E-state index is 3.95. The predicted molar refractivity (Wildman–Crippen MR) is 70.1 cm³/mol. The lowest BCUT2D eigenvalue weighted by atomic mass is 9.79. The quantitative estimate of drug-likeness (QED) is 0.589. The Labute approximate surface area is 98.1 Å². The minimum Gasteiger partial charge on any atom is -0.128 e. The first kappa shape index (κ1) is 11.0. The van der Waals surface area contributed by atoms with Crippen LogP contribution in [0.1, 0.15) is 26.7 Å². The second-order valence-corrected chi connectivity index (χ2v) is 4.84. The van der Waals surface area contributed by atoms with E-state index >= 15 is 0 Å². The molecule has 0 aromatic rings. The SMILES string of the molecule is C=C=CC1=C(C=C)C(C)(C)C2=C1CCC=C2. The molecular weight excluding hydrogens is 192 g/mol. The topological polar surface area (TPSA) is 0 Å². The van der Waals surface area contributed by atoms with Gasteiger partial charge in [-0.3, -0.25) is 0 Å². The number of hydrogen-bond acceptors (Lipinski definition) is 0. The third-order valence-corrected chi connectivity index (χ3v) is 3.58. The number of hydrogen-bond donors (Lipinski definition) is 0. The van der Waals surface area contributed by atoms with Crippen molar-refractivity contribution in [2.24, 2.45) is 5.41 Å². The molecule has 82 valence electrons. The fraction of sp³-hybridized carbons (Fsp3) is 0.312. The molecule has 0 saturated carbocycles. The average Bonchev–Trinajstić information content (AvgIpc) is 2.49. The molecule has 0 heteroatoms. The molecule has 0 nitrogen and oxygen atoms in total. The van der Waals surface area contributed by atoms with Crippen molar-refractivity contribution < 1.29 is 0 Å². The standard InChI is InChI=1S/C16H18/c1-5-9-12-13-10-7-8-11-15(13)16(3,4)14(12)6-2/h6,8-9,11H,1-2,7,10H2,3-4H3. The van der Waals surface area contributed by atoms with Gasteiger partial charge in [-0.25, -0.2) is 0 Å². The molecule has 2 aliphatic rings. The Morgan fingerprint density at radius 1 is 1.44 bits per heavy atom. The van der Waals surface area contributed by atoms with E-state index in [4.69, 9.17) is 0 Å². The van der Waals surface area contributed by atoms with Gasteiger partial charge in [0.2, 0.25) is 0 Å². The Bertz CT molecular complexity index is 472. The monoisotopic (exact) mass is 210 g/mol. The zero-order valence-corrected chi connectivity index (χ0v) is 10.1. The fourth-order valence-electron chi connectivity index (χ4n) is 2.81. The van der Waals surface area contributed by atoms with Crippen molar-refractivity contribution in [2.45, 2.75) is 26.7 Å². The van der Waals surface area contributed by atoms with E-state index < -0.39 is 0 Å². The lowest BCUT2D eigenvalue weighted by Gasteiger charge is -2.25. The summed E-state index contributed by atoms with van der Waals surface area (Å²) in [5.74, 6) is 0. The molecule has 0 heterocycles. The normalized spacial score (nSPS) is 21.9. The summed E-state index contributed by atoms with van der Waals surface area (Å²) in [7, 11) is 0. The van der Waals surface area contributed by atoms with Crippen LogP contribution in [0.4, 0.5) is 0 Å². The van der Waals surface area contributed by atoms with Gasteiger partial charge in [0.05, 0.1) is 0 Å². The first-order valence-electron chi connectivity index (χ1n) is 5.76. The van der Waals surface area contributed by atoms with E-state index in [-0.39, 0.29) is 5.41 Å². The van der Waals surface area contributed by atoms with Crippen LogP contribution >= 0.6 is 0 Å². The molecule has 0 bridgehead atoms. The molecule has 0 N–H and O–H groups in total. The Hall–Kier alpha value is -1.52. The first-order valence-corrected chi connectivity index (χ1v) is 5.76. The summed E-state index contributed by atoms with van der Waals surface area (Å²) in [6, 6.07) is 0. The Kier molecular flexibility index (Phi) is 2.61. The van der Waals surface area contributed by atoms with Gasteiger partial charge in [0.15, 0.2) is 0 Å². The third kappa shape index (κ3) is 1.38. The minimum absolute atomic E-state index is 0.0800. The van der Waals surface area contributed by atoms with Crippen LogP contribution in [0, 0.1) is 5.41 Å². The summed E-state index contributed by atoms with van der Waals surface area (Å²) in [6.07, 6.45) is 10.8. The van der Waals surface area contributed by atoms with E-state index in [1.165, 1.54) is 22.3 Å². The van der Waals surface area contributed by atoms with Gasteiger partial charge in [-0.05, 0) is 41.2 Å². The highest BCUT2D eigenvalue weighted by Crippen LogP contribution is 2.50. The molecule has 0 saturated heterocycles. The van der Waals surface area contributed by atoms with Crippen LogP contribution in [0.2, 0.25) is 0 Å². The largest absolute Gasteiger partial charge is 0.128 e. The van der Waals surface area contributed by atoms with E-state index in [1.54, 1.807) is 0 Å². The van der Waals surface area contributed by atoms with Crippen molar-refractivity contribution >= 4 is 0 Å². The molecule has 2 aliphatic carbocycles. The second-order valence-electron chi connectivity index (χ2n) is 4.84. The molecule has 0 aromatic heterocycles. The number of rotatable bonds is 2. The van der Waals surface area contributed by atoms with E-state index in [9.17, 15) is 0 Å². The molecule has 0 atom stereocenters. The molecular formula is C16H18. The van der Waals surface area contributed by atoms with Crippen LogP contribution in [0.3, 0.4) is 0 Å². The summed E-state index contributed by atoms with van der Waals surface area (Å²) < 4.78 is 0. The fourth-order valence-corrected chi connectivity index (χ4v) is 2.81. The molecule has 2 rings (SSSR count). The van der Waals surface area contributed by atoms with Gasteiger partial charge >= 0.3 is 0 Å². The summed E-state index contributed by atoms with van der Waals surface area (Å²) >= 11 is 0. The van der Waals surface area contributed by atoms with Crippen molar-refractivity contribution in [3.8, 4) is 0 Å². The Balaban J connectivity index is 2.67. The second kappa shape index (κ2) is 3.81. The van der Waals surface area contributed by atoms with Gasteiger partial charge in [-0.2, -0.15) is 0 Å². The molecule has 0 aromatic carbocycles. The maximum Gasteiger partial charge on any atom is 0.0155 e. The van der Waals surface area contributed by atoms with Crippen LogP contribution < -0.4 is 0 Å². The molecule has 0 fully saturated rings. The van der Waals surface area contributed by atoms with Crippen molar-refractivity contribution in [1.82, 2.24) is 0 Å². The highest BCUT2D eigenvalue weighted by atomic mass is 14.4. The molecule has 0 unspecified atom stereocenters. The Morgan fingerprint density at radius 3 is 2.81 bits per heavy atom. The summed E-state index contributed by atoms with van der Waals surface area (Å²) in [6.45, 7) is 12.2. The van der Waals surface area contributed by atoms with E-state index in [0.717, 1.165) is 12.8 Å². The van der Waals surface area contributed by atoms with Gasteiger partial charge in [-0.1, -0.05) is 45.2 Å². The molecule has 0 spiro atoms. The molecule has 0 radical (unpaired) electrons. The zero-order chi connectivity index (χ0) is 11.8. The predicted octanol–water partition coefficient (Wildman–Crippen LogP) is 4.50. The molecule has 0 amide bonds. The summed E-state index contributed by atoms with van der Waals surface area (Å²) in [5.41, 5.74) is 8.48. The van der Waals surface area contributed by atoms with Crippen LogP contribution in [-0.4, -0.2) is 0 Å². The van der Waals surface area contributed by atoms with Crippen LogP contribution in [0.25, 0.3) is 0 Å². The summed E-state index contributed by atoms with van der Waals surface area (Å²) in [4.78, 5) is 0. The van der Waals surface area contributed by atoms with Gasteiger partial charge in [-0.15, -0.1) is 5.73 Å². The van der Waals surface area contributed by atoms with Crippen LogP contribution in [-0.2, 0) is 0 Å². The van der Waals surface area contributed by atoms with E-state index in [0.29, 0.717) is 0 Å². The van der Waals surface area contributed by atoms with Crippen LogP contribution in [0.15, 0.2) is 65.5 Å². The maximum atomic E-state index is 3.95. The minimum atomic E-state index is 0.0800. The molecule has 0 aliphatic heterocycles. The summed E-state index contributed by atoms with van der Waals surface area (Å²) in [5, 5.41) is 0. The van der Waals surface area contributed by atoms with Crippen molar-refractivity contribution in [2.75, 3.05) is 0 Å². The third-order valence-electron chi connectivity index (χ3n) is 3.58. The van der Waals surface area contributed by atoms with Gasteiger partial charge in [0.25, 0.3) is 0 Å². The average molecular weight is 210 g/mol. The lowest BCUT2D eigenvalue weighted by molar-refractivity contribution is 0.572. The van der Waals surface area contributed by atoms with Crippen molar-refractivity contribution in [3.63, 3.8) is 0 Å². The van der Waals surface area contributed by atoms with E-state index in [2.05, 4.69) is 44.9 Å². The van der Waals surface area contributed by atoms with Crippen LogP contribution in [0.5, 0.6) is 0 Å². The lowest BCUT2D eigenvalue weighted by Crippen LogP contribution is -2.13. The molecule has 16 heavy (non-hydrogen) atoms. The zero-order valence-electron chi connectivity index (χ0n) is 10.1. The first-order chi connectivity index (χ1) is 7.62. The van der Waals surface area contributed by atoms with Crippen molar-refractivity contribution in [1.29, 1.82) is 0 Å². The highest BCUT2D eigenvalue weighted by Gasteiger charge is 2.36. The van der Waals surface area contributed by atoms with E-state index in [1.807, 2.05) is 12.2 Å². The number of allylic oxidation sites excluding steroid dienone is 8. The van der Waals surface area contributed by atoms with Crippen molar-refractivity contribution in [3.05, 3.63) is 65.5 Å². The smallest absolute Gasteiger partial charge is 0.0155 e.